The molecule has 1 aliphatic rings. The lowest BCUT2D eigenvalue weighted by Crippen LogP contribution is -2.43. The summed E-state index contributed by atoms with van der Waals surface area (Å²) < 4.78 is 37.9. The lowest BCUT2D eigenvalue weighted by atomic mass is 9.96. The summed E-state index contributed by atoms with van der Waals surface area (Å²) in [4.78, 5) is 12.9. The summed E-state index contributed by atoms with van der Waals surface area (Å²) in [7, 11) is -0.402. The van der Waals surface area contributed by atoms with Gasteiger partial charge in [0.1, 0.15) is 11.5 Å². The van der Waals surface area contributed by atoms with Crippen LogP contribution in [0.15, 0.2) is 36.4 Å². The Balaban J connectivity index is 1.59. The molecule has 0 radical (unpaired) electrons. The summed E-state index contributed by atoms with van der Waals surface area (Å²) >= 11 is 12.0. The molecule has 10 heteroatoms. The van der Waals surface area contributed by atoms with E-state index in [0.717, 1.165) is 5.56 Å². The third kappa shape index (κ3) is 6.32. The molecule has 0 aliphatic carbocycles. The Morgan fingerprint density at radius 2 is 1.82 bits per heavy atom. The number of piperidine rings is 1. The van der Waals surface area contributed by atoms with E-state index in [-0.39, 0.29) is 36.7 Å². The predicted octanol–water partition coefficient (Wildman–Crippen LogP) is 4.43. The van der Waals surface area contributed by atoms with Crippen LogP contribution in [-0.4, -0.2) is 45.9 Å². The molecule has 1 atom stereocenters. The largest absolute Gasteiger partial charge is 0.497 e. The molecule has 1 unspecified atom stereocenters. The summed E-state index contributed by atoms with van der Waals surface area (Å²) in [6, 6.07) is 9.90. The highest BCUT2D eigenvalue weighted by Gasteiger charge is 2.32. The van der Waals surface area contributed by atoms with Gasteiger partial charge in [-0.3, -0.25) is 4.79 Å². The number of amides is 1. The van der Waals surface area contributed by atoms with Crippen LogP contribution in [0.3, 0.4) is 0 Å². The lowest BCUT2D eigenvalue weighted by Gasteiger charge is -2.31. The van der Waals surface area contributed by atoms with E-state index in [0.29, 0.717) is 39.9 Å². The molecule has 7 nitrogen and oxygen atoms in total. The van der Waals surface area contributed by atoms with Gasteiger partial charge in [0.05, 0.1) is 26.0 Å². The van der Waals surface area contributed by atoms with E-state index < -0.39 is 10.0 Å². The molecular weight excluding hydrogens is 487 g/mol. The number of methoxy groups -OCH3 is 2. The molecule has 1 aliphatic heterocycles. The number of ether oxygens (including phenoxy) is 2. The highest BCUT2D eigenvalue weighted by Crippen LogP contribution is 2.30. The zero-order valence-corrected chi connectivity index (χ0v) is 21.1. The van der Waals surface area contributed by atoms with Gasteiger partial charge in [-0.1, -0.05) is 29.3 Å². The van der Waals surface area contributed by atoms with Crippen LogP contribution in [0.5, 0.6) is 11.5 Å². The molecule has 1 saturated heterocycles. The van der Waals surface area contributed by atoms with E-state index >= 15 is 0 Å². The van der Waals surface area contributed by atoms with Gasteiger partial charge in [-0.25, -0.2) is 12.7 Å². The summed E-state index contributed by atoms with van der Waals surface area (Å²) in [6.07, 6.45) is 0.892. The first-order valence-corrected chi connectivity index (χ1v) is 12.9. The second kappa shape index (κ2) is 11.0. The van der Waals surface area contributed by atoms with Crippen molar-refractivity contribution in [1.82, 2.24) is 9.62 Å². The van der Waals surface area contributed by atoms with Crippen LogP contribution >= 0.6 is 23.2 Å². The fraction of sp³-hybridized carbons (Fsp3) is 0.435. The van der Waals surface area contributed by atoms with Crippen LogP contribution < -0.4 is 14.8 Å². The minimum Gasteiger partial charge on any atom is -0.497 e. The van der Waals surface area contributed by atoms with Crippen molar-refractivity contribution in [3.05, 3.63) is 57.6 Å². The quantitative estimate of drug-likeness (QED) is 0.563. The molecule has 2 aromatic rings. The van der Waals surface area contributed by atoms with Crippen LogP contribution in [0, 0.1) is 5.92 Å². The molecule has 2 aromatic carbocycles. The monoisotopic (exact) mass is 514 g/mol. The van der Waals surface area contributed by atoms with Gasteiger partial charge in [0.15, 0.2) is 0 Å². The molecule has 1 fully saturated rings. The molecule has 0 spiro atoms. The Kier molecular flexibility index (Phi) is 8.50. The van der Waals surface area contributed by atoms with Crippen molar-refractivity contribution in [2.75, 3.05) is 27.3 Å². The first kappa shape index (κ1) is 25.6. The van der Waals surface area contributed by atoms with Crippen molar-refractivity contribution in [3.8, 4) is 11.5 Å². The summed E-state index contributed by atoms with van der Waals surface area (Å²) in [5.41, 5.74) is 1.31. The molecule has 1 amide bonds. The van der Waals surface area contributed by atoms with Crippen molar-refractivity contribution in [2.24, 2.45) is 5.92 Å². The third-order valence-corrected chi connectivity index (χ3v) is 8.25. The maximum absolute atomic E-state index is 12.9. The van der Waals surface area contributed by atoms with E-state index in [1.807, 2.05) is 13.0 Å². The molecule has 0 aromatic heterocycles. The van der Waals surface area contributed by atoms with Crippen molar-refractivity contribution < 1.29 is 22.7 Å². The van der Waals surface area contributed by atoms with Gasteiger partial charge in [-0.2, -0.15) is 0 Å². The van der Waals surface area contributed by atoms with Gasteiger partial charge in [0.2, 0.25) is 15.9 Å². The van der Waals surface area contributed by atoms with Gasteiger partial charge in [0, 0.05) is 34.6 Å². The van der Waals surface area contributed by atoms with E-state index in [1.165, 1.54) is 10.4 Å². The Hall–Kier alpha value is -2.00. The Bertz CT molecular complexity index is 1100. The molecular formula is C23H28Cl2N2O5S. The smallest absolute Gasteiger partial charge is 0.223 e. The van der Waals surface area contributed by atoms with Gasteiger partial charge >= 0.3 is 0 Å². The van der Waals surface area contributed by atoms with Crippen LogP contribution in [0.4, 0.5) is 0 Å². The number of carbonyl (C=O) groups excluding carboxylic acids is 1. The lowest BCUT2D eigenvalue weighted by molar-refractivity contribution is -0.126. The number of nitrogens with zero attached hydrogens (tertiary/aromatic N) is 1. The number of sulfonamides is 1. The Labute approximate surface area is 205 Å². The Morgan fingerprint density at radius 3 is 2.42 bits per heavy atom. The molecule has 3 rings (SSSR count). The van der Waals surface area contributed by atoms with Gasteiger partial charge in [-0.15, -0.1) is 0 Å². The number of hydrogen-bond donors (Lipinski definition) is 1. The van der Waals surface area contributed by atoms with E-state index in [4.69, 9.17) is 32.7 Å². The second-order valence-corrected chi connectivity index (χ2v) is 10.8. The first-order chi connectivity index (χ1) is 15.6. The fourth-order valence-electron chi connectivity index (χ4n) is 3.91. The highest BCUT2D eigenvalue weighted by molar-refractivity contribution is 7.88. The molecule has 1 N–H and O–H groups in total. The molecule has 1 heterocycles. The zero-order chi connectivity index (χ0) is 24.2. The van der Waals surface area contributed by atoms with E-state index in [9.17, 15) is 13.2 Å². The number of hydrogen-bond acceptors (Lipinski definition) is 5. The average molecular weight is 515 g/mol. The second-order valence-electron chi connectivity index (χ2n) is 8.00. The first-order valence-electron chi connectivity index (χ1n) is 10.6. The number of halogens is 2. The molecule has 0 bridgehead atoms. The zero-order valence-electron chi connectivity index (χ0n) is 18.8. The van der Waals surface area contributed by atoms with Crippen molar-refractivity contribution in [3.63, 3.8) is 0 Å². The number of benzene rings is 2. The predicted molar refractivity (Wildman–Crippen MR) is 129 cm³/mol. The van der Waals surface area contributed by atoms with Gasteiger partial charge in [-0.05, 0) is 55.7 Å². The van der Waals surface area contributed by atoms with Gasteiger partial charge < -0.3 is 14.8 Å². The van der Waals surface area contributed by atoms with Crippen LogP contribution in [0.1, 0.15) is 36.9 Å². The topological polar surface area (TPSA) is 84.9 Å². The number of nitrogens with one attached hydrogen (secondary N) is 1. The SMILES string of the molecule is COc1ccc(OC)c(C(C)NC(=O)C2CCN(S(=O)(=O)Cc3ccc(Cl)cc3Cl)CC2)c1. The number of carbonyl (C=O) groups is 1. The van der Waals surface area contributed by atoms with Crippen LogP contribution in [0.25, 0.3) is 0 Å². The maximum Gasteiger partial charge on any atom is 0.223 e. The maximum atomic E-state index is 12.9. The van der Waals surface area contributed by atoms with Crippen LogP contribution in [-0.2, 0) is 20.6 Å². The minimum atomic E-state index is -3.56. The van der Waals surface area contributed by atoms with Crippen molar-refractivity contribution in [2.45, 2.75) is 31.6 Å². The summed E-state index contributed by atoms with van der Waals surface area (Å²) in [5.74, 6) is 0.753. The standard InChI is InChI=1S/C23H28Cl2N2O5S/c1-15(20-13-19(31-2)6-7-22(20)32-3)26-23(28)16-8-10-27(11-9-16)33(29,30)14-17-4-5-18(24)12-21(17)25/h4-7,12-13,15-16H,8-11,14H2,1-3H3,(H,26,28). The number of rotatable bonds is 8. The normalized spacial score (nSPS) is 16.3. The fourth-order valence-corrected chi connectivity index (χ4v) is 6.06. The molecule has 0 saturated carbocycles. The molecule has 33 heavy (non-hydrogen) atoms. The highest BCUT2D eigenvalue weighted by atomic mass is 35.5. The Morgan fingerprint density at radius 1 is 1.12 bits per heavy atom. The average Bonchev–Trinajstić information content (AvgIpc) is 2.80. The van der Waals surface area contributed by atoms with E-state index in [2.05, 4.69) is 5.32 Å². The van der Waals surface area contributed by atoms with Gasteiger partial charge in [0.25, 0.3) is 0 Å². The third-order valence-electron chi connectivity index (χ3n) is 5.83. The van der Waals surface area contributed by atoms with Crippen molar-refractivity contribution in [1.29, 1.82) is 0 Å². The van der Waals surface area contributed by atoms with Crippen molar-refractivity contribution >= 4 is 39.1 Å². The molecule has 180 valence electrons. The minimum absolute atomic E-state index is 0.106. The van der Waals surface area contributed by atoms with Crippen LogP contribution in [0.2, 0.25) is 10.0 Å². The summed E-state index contributed by atoms with van der Waals surface area (Å²) in [5, 5.41) is 3.80. The van der Waals surface area contributed by atoms with E-state index in [1.54, 1.807) is 38.5 Å². The summed E-state index contributed by atoms with van der Waals surface area (Å²) in [6.45, 7) is 2.44.